The zero-order valence-electron chi connectivity index (χ0n) is 12.4. The summed E-state index contributed by atoms with van der Waals surface area (Å²) in [4.78, 5) is 6.24. The van der Waals surface area contributed by atoms with Crippen molar-refractivity contribution < 1.29 is 9.47 Å². The van der Waals surface area contributed by atoms with Gasteiger partial charge in [0.15, 0.2) is 11.5 Å². The highest BCUT2D eigenvalue weighted by Crippen LogP contribution is 2.39. The van der Waals surface area contributed by atoms with Gasteiger partial charge in [0.1, 0.15) is 5.01 Å². The summed E-state index contributed by atoms with van der Waals surface area (Å²) in [7, 11) is 3.30. The maximum absolute atomic E-state index is 5.88. The number of nitrogens with zero attached hydrogens (tertiary/aromatic N) is 1. The van der Waals surface area contributed by atoms with E-state index in [-0.39, 0.29) is 0 Å². The van der Waals surface area contributed by atoms with Crippen LogP contribution in [-0.2, 0) is 6.42 Å². The highest BCUT2D eigenvalue weighted by atomic mass is 32.1. The maximum atomic E-state index is 5.88. The summed E-state index contributed by atoms with van der Waals surface area (Å²) >= 11 is 1.78. The number of thiazole rings is 1. The standard InChI is InChI=1S/C16H20N2O2S/c1-19-12-7-6-10(8-13(12)20-2)16-18-15-11(9-17)4-3-5-14(15)21-16/h6-8,11H,3-5,9,17H2,1-2H3. The fraction of sp³-hybridized carbons (Fsp3) is 0.438. The lowest BCUT2D eigenvalue weighted by Gasteiger charge is -2.18. The fourth-order valence-electron chi connectivity index (χ4n) is 2.83. The summed E-state index contributed by atoms with van der Waals surface area (Å²) in [6.07, 6.45) is 3.48. The van der Waals surface area contributed by atoms with E-state index in [9.17, 15) is 0 Å². The van der Waals surface area contributed by atoms with Gasteiger partial charge in [-0.05, 0) is 37.5 Å². The van der Waals surface area contributed by atoms with E-state index in [2.05, 4.69) is 0 Å². The Bertz CT molecular complexity index is 639. The third kappa shape index (κ3) is 2.63. The van der Waals surface area contributed by atoms with Crippen molar-refractivity contribution in [2.45, 2.75) is 25.2 Å². The predicted molar refractivity (Wildman–Crippen MR) is 85.4 cm³/mol. The average molecular weight is 304 g/mol. The summed E-state index contributed by atoms with van der Waals surface area (Å²) in [5, 5.41) is 1.04. The number of aryl methyl sites for hydroxylation is 1. The molecule has 1 heterocycles. The van der Waals surface area contributed by atoms with Crippen LogP contribution in [0.15, 0.2) is 18.2 Å². The number of nitrogens with two attached hydrogens (primary N) is 1. The molecule has 1 aliphatic carbocycles. The Labute approximate surface area is 128 Å². The largest absolute Gasteiger partial charge is 0.493 e. The Balaban J connectivity index is 1.99. The van der Waals surface area contributed by atoms with Crippen molar-refractivity contribution in [2.24, 2.45) is 5.73 Å². The van der Waals surface area contributed by atoms with E-state index >= 15 is 0 Å². The van der Waals surface area contributed by atoms with Crippen LogP contribution >= 0.6 is 11.3 Å². The van der Waals surface area contributed by atoms with Crippen LogP contribution in [0.1, 0.15) is 29.3 Å². The molecule has 4 nitrogen and oxygen atoms in total. The molecule has 1 atom stereocenters. The molecule has 21 heavy (non-hydrogen) atoms. The molecule has 5 heteroatoms. The molecule has 3 rings (SSSR count). The zero-order valence-corrected chi connectivity index (χ0v) is 13.2. The summed E-state index contributed by atoms with van der Waals surface area (Å²) in [6, 6.07) is 5.94. The Morgan fingerprint density at radius 1 is 1.29 bits per heavy atom. The smallest absolute Gasteiger partial charge is 0.161 e. The van der Waals surface area contributed by atoms with Gasteiger partial charge in [0.2, 0.25) is 0 Å². The van der Waals surface area contributed by atoms with Crippen molar-refractivity contribution in [1.29, 1.82) is 0 Å². The SMILES string of the molecule is COc1ccc(-c2nc3c(s2)CCCC3CN)cc1OC. The van der Waals surface area contributed by atoms with E-state index in [4.69, 9.17) is 20.2 Å². The summed E-state index contributed by atoms with van der Waals surface area (Å²) in [5.41, 5.74) is 8.16. The van der Waals surface area contributed by atoms with Crippen molar-refractivity contribution >= 4 is 11.3 Å². The first kappa shape index (κ1) is 14.4. The van der Waals surface area contributed by atoms with E-state index in [1.165, 1.54) is 17.0 Å². The summed E-state index contributed by atoms with van der Waals surface area (Å²) in [6.45, 7) is 0.683. The second kappa shape index (κ2) is 6.03. The normalized spacial score (nSPS) is 17.4. The van der Waals surface area contributed by atoms with Crippen molar-refractivity contribution in [3.63, 3.8) is 0 Å². The molecule has 0 spiro atoms. The predicted octanol–water partition coefficient (Wildman–Crippen LogP) is 3.21. The molecule has 0 radical (unpaired) electrons. The number of methoxy groups -OCH3 is 2. The van der Waals surface area contributed by atoms with Crippen molar-refractivity contribution in [3.8, 4) is 22.1 Å². The molecule has 0 bridgehead atoms. The molecule has 1 aromatic carbocycles. The average Bonchev–Trinajstić information content (AvgIpc) is 2.98. The molecule has 1 aromatic heterocycles. The number of hydrogen-bond acceptors (Lipinski definition) is 5. The van der Waals surface area contributed by atoms with E-state index < -0.39 is 0 Å². The van der Waals surface area contributed by atoms with Gasteiger partial charge in [-0.15, -0.1) is 11.3 Å². The number of ether oxygens (including phenoxy) is 2. The Morgan fingerprint density at radius 3 is 2.81 bits per heavy atom. The highest BCUT2D eigenvalue weighted by molar-refractivity contribution is 7.15. The number of rotatable bonds is 4. The Morgan fingerprint density at radius 2 is 2.10 bits per heavy atom. The quantitative estimate of drug-likeness (QED) is 0.942. The third-order valence-corrected chi connectivity index (χ3v) is 5.17. The minimum atomic E-state index is 0.416. The van der Waals surface area contributed by atoms with E-state index in [0.717, 1.165) is 34.9 Å². The van der Waals surface area contributed by atoms with E-state index in [1.807, 2.05) is 18.2 Å². The van der Waals surface area contributed by atoms with Gasteiger partial charge in [-0.2, -0.15) is 0 Å². The van der Waals surface area contributed by atoms with Crippen LogP contribution in [0.2, 0.25) is 0 Å². The third-order valence-electron chi connectivity index (χ3n) is 3.99. The Kier molecular flexibility index (Phi) is 4.12. The lowest BCUT2D eigenvalue weighted by atomic mass is 9.91. The summed E-state index contributed by atoms with van der Waals surface area (Å²) in [5.74, 6) is 1.89. The first-order chi connectivity index (χ1) is 10.3. The molecule has 2 aromatic rings. The fourth-order valence-corrected chi connectivity index (χ4v) is 4.02. The molecule has 2 N–H and O–H groups in total. The molecule has 112 valence electrons. The molecule has 0 fully saturated rings. The van der Waals surface area contributed by atoms with Crippen LogP contribution in [-0.4, -0.2) is 25.7 Å². The first-order valence-corrected chi connectivity index (χ1v) is 8.00. The van der Waals surface area contributed by atoms with E-state index in [0.29, 0.717) is 12.5 Å². The van der Waals surface area contributed by atoms with Gasteiger partial charge in [-0.25, -0.2) is 4.98 Å². The molecule has 0 saturated carbocycles. The van der Waals surface area contributed by atoms with Crippen LogP contribution in [0.4, 0.5) is 0 Å². The van der Waals surface area contributed by atoms with E-state index in [1.54, 1.807) is 25.6 Å². The number of benzene rings is 1. The van der Waals surface area contributed by atoms with Crippen LogP contribution in [0.3, 0.4) is 0 Å². The van der Waals surface area contributed by atoms with Crippen LogP contribution in [0.5, 0.6) is 11.5 Å². The maximum Gasteiger partial charge on any atom is 0.161 e. The molecule has 0 saturated heterocycles. The van der Waals surface area contributed by atoms with Gasteiger partial charge in [-0.1, -0.05) is 0 Å². The topological polar surface area (TPSA) is 57.4 Å². The summed E-state index contributed by atoms with van der Waals surface area (Å²) < 4.78 is 10.7. The molecular formula is C16H20N2O2S. The number of hydrogen-bond donors (Lipinski definition) is 1. The Hall–Kier alpha value is -1.59. The zero-order chi connectivity index (χ0) is 14.8. The second-order valence-corrected chi connectivity index (χ2v) is 6.31. The van der Waals surface area contributed by atoms with Crippen molar-refractivity contribution in [2.75, 3.05) is 20.8 Å². The van der Waals surface area contributed by atoms with Gasteiger partial charge in [0.05, 0.1) is 19.9 Å². The van der Waals surface area contributed by atoms with Crippen molar-refractivity contribution in [1.82, 2.24) is 4.98 Å². The van der Waals surface area contributed by atoms with Crippen molar-refractivity contribution in [3.05, 3.63) is 28.8 Å². The molecule has 1 unspecified atom stereocenters. The molecule has 1 aliphatic rings. The van der Waals surface area contributed by atoms with Gasteiger partial charge >= 0.3 is 0 Å². The molecule has 0 aliphatic heterocycles. The van der Waals surface area contributed by atoms with Crippen LogP contribution in [0, 0.1) is 0 Å². The van der Waals surface area contributed by atoms with Gasteiger partial charge in [-0.3, -0.25) is 0 Å². The van der Waals surface area contributed by atoms with Gasteiger partial charge in [0, 0.05) is 22.9 Å². The van der Waals surface area contributed by atoms with Crippen LogP contribution in [0.25, 0.3) is 10.6 Å². The minimum absolute atomic E-state index is 0.416. The second-order valence-electron chi connectivity index (χ2n) is 5.22. The monoisotopic (exact) mass is 304 g/mol. The molecule has 0 amide bonds. The lowest BCUT2D eigenvalue weighted by Crippen LogP contribution is -2.17. The number of aromatic nitrogens is 1. The highest BCUT2D eigenvalue weighted by Gasteiger charge is 2.24. The van der Waals surface area contributed by atoms with Gasteiger partial charge < -0.3 is 15.2 Å². The lowest BCUT2D eigenvalue weighted by molar-refractivity contribution is 0.355. The van der Waals surface area contributed by atoms with Crippen LogP contribution < -0.4 is 15.2 Å². The first-order valence-electron chi connectivity index (χ1n) is 7.19. The number of fused-ring (bicyclic) bond motifs is 1. The minimum Gasteiger partial charge on any atom is -0.493 e. The van der Waals surface area contributed by atoms with Gasteiger partial charge in [0.25, 0.3) is 0 Å². The molecular weight excluding hydrogens is 284 g/mol.